The van der Waals surface area contributed by atoms with Crippen molar-refractivity contribution in [2.75, 3.05) is 5.32 Å². The summed E-state index contributed by atoms with van der Waals surface area (Å²) in [5.74, 6) is -0.495. The van der Waals surface area contributed by atoms with Crippen LogP contribution < -0.4 is 10.7 Å². The molecule has 0 spiro atoms. The van der Waals surface area contributed by atoms with Crippen molar-refractivity contribution in [2.45, 2.75) is 33.7 Å². The monoisotopic (exact) mass is 481 g/mol. The summed E-state index contributed by atoms with van der Waals surface area (Å²) in [6.07, 6.45) is 0. The third kappa shape index (κ3) is 3.82. The maximum Gasteiger partial charge on any atom is 0.337 e. The summed E-state index contributed by atoms with van der Waals surface area (Å²) >= 11 is 0. The van der Waals surface area contributed by atoms with Crippen LogP contribution in [-0.4, -0.2) is 20.9 Å². The molecule has 7 nitrogen and oxygen atoms in total. The summed E-state index contributed by atoms with van der Waals surface area (Å²) < 4.78 is 8.33. The molecule has 2 aromatic heterocycles. The van der Waals surface area contributed by atoms with E-state index in [2.05, 4.69) is 10.4 Å². The van der Waals surface area contributed by atoms with Gasteiger partial charge in [-0.1, -0.05) is 18.2 Å². The van der Waals surface area contributed by atoms with Gasteiger partial charge in [0.1, 0.15) is 11.3 Å². The van der Waals surface area contributed by atoms with Crippen LogP contribution in [0.25, 0.3) is 33.2 Å². The lowest BCUT2D eigenvalue weighted by atomic mass is 9.98. The Morgan fingerprint density at radius 2 is 1.81 bits per heavy atom. The zero-order valence-electron chi connectivity index (χ0n) is 20.8. The molecule has 2 N–H and O–H groups in total. The molecule has 5 rings (SSSR count). The van der Waals surface area contributed by atoms with Gasteiger partial charge in [0.2, 0.25) is 0 Å². The van der Waals surface area contributed by atoms with Gasteiger partial charge in [-0.25, -0.2) is 4.79 Å². The number of para-hydroxylation sites is 1. The van der Waals surface area contributed by atoms with Crippen molar-refractivity contribution in [3.05, 3.63) is 92.8 Å². The lowest BCUT2D eigenvalue weighted by molar-refractivity contribution is 0.0698. The van der Waals surface area contributed by atoms with Crippen molar-refractivity contribution >= 4 is 33.5 Å². The Morgan fingerprint density at radius 1 is 1.06 bits per heavy atom. The van der Waals surface area contributed by atoms with E-state index in [1.807, 2.05) is 62.8 Å². The maximum atomic E-state index is 13.5. The molecule has 0 radical (unpaired) electrons. The van der Waals surface area contributed by atoms with Crippen LogP contribution >= 0.6 is 0 Å². The molecule has 2 heterocycles. The van der Waals surface area contributed by atoms with Crippen molar-refractivity contribution in [3.8, 4) is 11.3 Å². The van der Waals surface area contributed by atoms with Gasteiger partial charge in [0.25, 0.3) is 0 Å². The molecule has 0 aliphatic rings. The van der Waals surface area contributed by atoms with Crippen LogP contribution in [0.2, 0.25) is 0 Å². The first kappa shape index (κ1) is 23.4. The van der Waals surface area contributed by atoms with E-state index in [1.165, 1.54) is 0 Å². The standard InChI is InChI=1S/C29H27N3O4/c1-15-12-22(17(3)30-24-9-7-6-8-20(24)29(34)35)28-23(13-15)26(33)16(2)27(36-28)19-10-11-25-21(14-19)18(4)31-32(25)5/h6-14,17,30H,1-5H3,(H,34,35). The highest BCUT2D eigenvalue weighted by Gasteiger charge is 2.21. The number of anilines is 1. The highest BCUT2D eigenvalue weighted by atomic mass is 16.4. The molecule has 3 aromatic carbocycles. The van der Waals surface area contributed by atoms with Crippen LogP contribution in [0.5, 0.6) is 0 Å². The van der Waals surface area contributed by atoms with Gasteiger partial charge in [-0.15, -0.1) is 0 Å². The summed E-state index contributed by atoms with van der Waals surface area (Å²) in [6, 6.07) is 16.2. The molecule has 7 heteroatoms. The quantitative estimate of drug-likeness (QED) is 0.313. The third-order valence-electron chi connectivity index (χ3n) is 6.69. The van der Waals surface area contributed by atoms with E-state index in [9.17, 15) is 14.7 Å². The zero-order valence-corrected chi connectivity index (χ0v) is 20.8. The molecule has 0 aliphatic carbocycles. The Morgan fingerprint density at radius 3 is 2.56 bits per heavy atom. The van der Waals surface area contributed by atoms with Crippen molar-refractivity contribution in [3.63, 3.8) is 0 Å². The number of hydrogen-bond acceptors (Lipinski definition) is 5. The first-order valence-electron chi connectivity index (χ1n) is 11.8. The minimum atomic E-state index is -1.01. The van der Waals surface area contributed by atoms with Gasteiger partial charge in [0.15, 0.2) is 5.43 Å². The number of aromatic nitrogens is 2. The predicted molar refractivity (Wildman–Crippen MR) is 142 cm³/mol. The third-order valence-corrected chi connectivity index (χ3v) is 6.69. The minimum Gasteiger partial charge on any atom is -0.478 e. The molecule has 36 heavy (non-hydrogen) atoms. The second-order valence-corrected chi connectivity index (χ2v) is 9.27. The van der Waals surface area contributed by atoms with E-state index >= 15 is 0 Å². The summed E-state index contributed by atoms with van der Waals surface area (Å²) in [4.78, 5) is 25.2. The van der Waals surface area contributed by atoms with Gasteiger partial charge in [-0.3, -0.25) is 9.48 Å². The van der Waals surface area contributed by atoms with Gasteiger partial charge in [0, 0.05) is 34.8 Å². The first-order chi connectivity index (χ1) is 17.2. The fraction of sp³-hybridized carbons (Fsp3) is 0.207. The minimum absolute atomic E-state index is 0.0858. The van der Waals surface area contributed by atoms with Crippen molar-refractivity contribution in [2.24, 2.45) is 7.05 Å². The Kier molecular flexibility index (Phi) is 5.63. The number of nitrogens with one attached hydrogen (secondary N) is 1. The van der Waals surface area contributed by atoms with E-state index in [0.717, 1.165) is 33.3 Å². The van der Waals surface area contributed by atoms with Crippen LogP contribution in [0.15, 0.2) is 63.8 Å². The van der Waals surface area contributed by atoms with Crippen molar-refractivity contribution in [1.29, 1.82) is 0 Å². The fourth-order valence-corrected chi connectivity index (χ4v) is 4.85. The molecule has 0 amide bonds. The van der Waals surface area contributed by atoms with Gasteiger partial charge in [-0.2, -0.15) is 5.10 Å². The summed E-state index contributed by atoms with van der Waals surface area (Å²) in [7, 11) is 1.90. The van der Waals surface area contributed by atoms with E-state index in [0.29, 0.717) is 28.0 Å². The summed E-state index contributed by atoms with van der Waals surface area (Å²) in [6.45, 7) is 7.60. The molecule has 5 aromatic rings. The van der Waals surface area contributed by atoms with Gasteiger partial charge >= 0.3 is 5.97 Å². The maximum absolute atomic E-state index is 13.5. The van der Waals surface area contributed by atoms with Crippen LogP contribution in [0, 0.1) is 20.8 Å². The van der Waals surface area contributed by atoms with E-state index in [4.69, 9.17) is 4.42 Å². The van der Waals surface area contributed by atoms with Crippen LogP contribution in [-0.2, 0) is 7.05 Å². The van der Waals surface area contributed by atoms with Crippen LogP contribution in [0.1, 0.15) is 45.7 Å². The molecule has 0 fully saturated rings. The summed E-state index contributed by atoms with van der Waals surface area (Å²) in [5, 5.41) is 18.9. The second kappa shape index (κ2) is 8.68. The molecule has 0 aliphatic heterocycles. The number of carboxylic acids is 1. The van der Waals surface area contributed by atoms with Gasteiger partial charge in [-0.05, 0) is 69.7 Å². The number of nitrogens with zero attached hydrogens (tertiary/aromatic N) is 2. The number of carboxylic acid groups (broad SMARTS) is 1. The Balaban J connectivity index is 1.69. The molecule has 0 saturated heterocycles. The number of hydrogen-bond donors (Lipinski definition) is 2. The Bertz CT molecular complexity index is 1730. The zero-order chi connectivity index (χ0) is 25.7. The lowest BCUT2D eigenvalue weighted by Crippen LogP contribution is -2.14. The smallest absolute Gasteiger partial charge is 0.337 e. The van der Waals surface area contributed by atoms with E-state index < -0.39 is 5.97 Å². The van der Waals surface area contributed by atoms with E-state index in [-0.39, 0.29) is 17.0 Å². The molecule has 1 atom stereocenters. The average Bonchev–Trinajstić information content (AvgIpc) is 3.14. The van der Waals surface area contributed by atoms with Crippen molar-refractivity contribution in [1.82, 2.24) is 9.78 Å². The molecular weight excluding hydrogens is 454 g/mol. The molecule has 0 saturated carbocycles. The number of aromatic carboxylic acids is 1. The molecule has 1 unspecified atom stereocenters. The lowest BCUT2D eigenvalue weighted by Gasteiger charge is -2.20. The predicted octanol–water partition coefficient (Wildman–Crippen LogP) is 6.14. The normalized spacial score (nSPS) is 12.2. The Hall–Kier alpha value is -4.39. The fourth-order valence-electron chi connectivity index (χ4n) is 4.85. The highest BCUT2D eigenvalue weighted by molar-refractivity contribution is 5.94. The molecular formula is C29H27N3O4. The van der Waals surface area contributed by atoms with Gasteiger partial charge < -0.3 is 14.8 Å². The van der Waals surface area contributed by atoms with Gasteiger partial charge in [0.05, 0.1) is 28.2 Å². The molecule has 182 valence electrons. The largest absolute Gasteiger partial charge is 0.478 e. The van der Waals surface area contributed by atoms with E-state index in [1.54, 1.807) is 31.2 Å². The SMILES string of the molecule is Cc1cc(C(C)Nc2ccccc2C(=O)O)c2oc(-c3ccc4c(c3)c(C)nn4C)c(C)c(=O)c2c1. The topological polar surface area (TPSA) is 97.4 Å². The Labute approximate surface area is 208 Å². The number of aryl methyl sites for hydroxylation is 3. The second-order valence-electron chi connectivity index (χ2n) is 9.27. The number of carbonyl (C=O) groups is 1. The van der Waals surface area contributed by atoms with Crippen molar-refractivity contribution < 1.29 is 14.3 Å². The number of rotatable bonds is 5. The molecule has 0 bridgehead atoms. The summed E-state index contributed by atoms with van der Waals surface area (Å²) in [5.41, 5.74) is 6.03. The average molecular weight is 482 g/mol. The van der Waals surface area contributed by atoms with Crippen LogP contribution in [0.4, 0.5) is 5.69 Å². The number of benzene rings is 3. The van der Waals surface area contributed by atoms with Crippen LogP contribution in [0.3, 0.4) is 0 Å². The first-order valence-corrected chi connectivity index (χ1v) is 11.8. The number of fused-ring (bicyclic) bond motifs is 2. The highest BCUT2D eigenvalue weighted by Crippen LogP contribution is 2.34.